The number of methoxy groups -OCH3 is 1. The average molecular weight is 263 g/mol. The van der Waals surface area contributed by atoms with Gasteiger partial charge in [-0.15, -0.1) is 0 Å². The molecule has 0 aliphatic carbocycles. The Hall–Kier alpha value is -1.95. The van der Waals surface area contributed by atoms with E-state index < -0.39 is 0 Å². The fraction of sp³-hybridized carbons (Fsp3) is 0.250. The van der Waals surface area contributed by atoms with Crippen LogP contribution in [0.1, 0.15) is 28.3 Å². The minimum Gasteiger partial charge on any atom is -0.465 e. The molecule has 18 heavy (non-hydrogen) atoms. The second kappa shape index (κ2) is 5.59. The molecule has 6 heteroatoms. The molecule has 2 rings (SSSR count). The van der Waals surface area contributed by atoms with Crippen molar-refractivity contribution >= 4 is 22.4 Å². The molecule has 94 valence electrons. The van der Waals surface area contributed by atoms with Crippen LogP contribution in [0.5, 0.6) is 0 Å². The molecule has 2 aromatic heterocycles. The molecule has 0 saturated carbocycles. The number of carbonyl (C=O) groups is 1. The Morgan fingerprint density at radius 2 is 2.28 bits per heavy atom. The van der Waals surface area contributed by atoms with Crippen molar-refractivity contribution in [1.29, 1.82) is 0 Å². The van der Waals surface area contributed by atoms with Gasteiger partial charge < -0.3 is 10.1 Å². The number of ether oxygens (including phenoxy) is 1. The Labute approximate surface area is 109 Å². The number of anilines is 1. The van der Waals surface area contributed by atoms with Gasteiger partial charge in [-0.05, 0) is 19.1 Å². The van der Waals surface area contributed by atoms with Crippen molar-refractivity contribution in [2.24, 2.45) is 0 Å². The molecule has 0 aliphatic heterocycles. The Balaban J connectivity index is 2.06. The summed E-state index contributed by atoms with van der Waals surface area (Å²) in [6, 6.07) is 5.77. The first-order valence-electron chi connectivity index (χ1n) is 5.42. The molecule has 0 aliphatic rings. The second-order valence-corrected chi connectivity index (χ2v) is 4.67. The standard InChI is InChI=1S/C12H13N3O2S/c1-8(9-5-3-4-6-13-9)15-12-14-7-10(18-12)11(16)17-2/h3-8H,1-2H3,(H,14,15). The minimum absolute atomic E-state index is 0.0304. The largest absolute Gasteiger partial charge is 0.465 e. The van der Waals surface area contributed by atoms with Gasteiger partial charge in [-0.1, -0.05) is 17.4 Å². The number of hydrogen-bond donors (Lipinski definition) is 1. The lowest BCUT2D eigenvalue weighted by Crippen LogP contribution is -2.07. The van der Waals surface area contributed by atoms with Crippen LogP contribution in [0.2, 0.25) is 0 Å². The van der Waals surface area contributed by atoms with Crippen molar-refractivity contribution in [2.75, 3.05) is 12.4 Å². The number of nitrogens with zero attached hydrogens (tertiary/aromatic N) is 2. The summed E-state index contributed by atoms with van der Waals surface area (Å²) in [6.45, 7) is 1.99. The summed E-state index contributed by atoms with van der Waals surface area (Å²) in [6.07, 6.45) is 3.25. The Kier molecular flexibility index (Phi) is 3.88. The van der Waals surface area contributed by atoms with Crippen LogP contribution >= 0.6 is 11.3 Å². The maximum absolute atomic E-state index is 11.3. The number of hydrogen-bond acceptors (Lipinski definition) is 6. The lowest BCUT2D eigenvalue weighted by Gasteiger charge is -2.11. The highest BCUT2D eigenvalue weighted by Gasteiger charge is 2.13. The molecule has 2 aromatic rings. The summed E-state index contributed by atoms with van der Waals surface area (Å²) in [7, 11) is 1.35. The average Bonchev–Trinajstić information content (AvgIpc) is 2.87. The van der Waals surface area contributed by atoms with Crippen molar-refractivity contribution in [3.05, 3.63) is 41.2 Å². The molecule has 1 unspecified atom stereocenters. The van der Waals surface area contributed by atoms with E-state index in [2.05, 4.69) is 20.0 Å². The van der Waals surface area contributed by atoms with Gasteiger partial charge >= 0.3 is 5.97 Å². The first kappa shape index (κ1) is 12.5. The van der Waals surface area contributed by atoms with Crippen molar-refractivity contribution in [2.45, 2.75) is 13.0 Å². The quantitative estimate of drug-likeness (QED) is 0.859. The van der Waals surface area contributed by atoms with Gasteiger partial charge in [0.2, 0.25) is 0 Å². The third-order valence-electron chi connectivity index (χ3n) is 2.36. The summed E-state index contributed by atoms with van der Waals surface area (Å²) < 4.78 is 4.63. The molecule has 1 N–H and O–H groups in total. The van der Waals surface area contributed by atoms with Crippen LogP contribution in [0.3, 0.4) is 0 Å². The maximum Gasteiger partial charge on any atom is 0.349 e. The third-order valence-corrected chi connectivity index (χ3v) is 3.27. The summed E-state index contributed by atoms with van der Waals surface area (Å²) in [5.41, 5.74) is 0.923. The van der Waals surface area contributed by atoms with Crippen LogP contribution in [0.4, 0.5) is 5.13 Å². The topological polar surface area (TPSA) is 64.1 Å². The molecular weight excluding hydrogens is 250 g/mol. The molecule has 0 spiro atoms. The van der Waals surface area contributed by atoms with Gasteiger partial charge in [-0.3, -0.25) is 4.98 Å². The molecule has 0 radical (unpaired) electrons. The summed E-state index contributed by atoms with van der Waals surface area (Å²) >= 11 is 1.26. The van der Waals surface area contributed by atoms with Gasteiger partial charge in [0.25, 0.3) is 0 Å². The monoisotopic (exact) mass is 263 g/mol. The molecule has 5 nitrogen and oxygen atoms in total. The zero-order chi connectivity index (χ0) is 13.0. The van der Waals surface area contributed by atoms with Gasteiger partial charge in [0.05, 0.1) is 25.0 Å². The second-order valence-electron chi connectivity index (χ2n) is 3.64. The number of thiazole rings is 1. The molecule has 0 fully saturated rings. The highest BCUT2D eigenvalue weighted by atomic mass is 32.1. The summed E-state index contributed by atoms with van der Waals surface area (Å²) in [5.74, 6) is -0.369. The van der Waals surface area contributed by atoms with Crippen LogP contribution in [-0.4, -0.2) is 23.0 Å². The van der Waals surface area contributed by atoms with Crippen molar-refractivity contribution in [1.82, 2.24) is 9.97 Å². The number of pyridine rings is 1. The minimum atomic E-state index is -0.369. The van der Waals surface area contributed by atoms with Crippen LogP contribution in [0.25, 0.3) is 0 Å². The van der Waals surface area contributed by atoms with E-state index >= 15 is 0 Å². The van der Waals surface area contributed by atoms with Gasteiger partial charge in [0.15, 0.2) is 5.13 Å². The van der Waals surface area contributed by atoms with Gasteiger partial charge in [0, 0.05) is 6.20 Å². The van der Waals surface area contributed by atoms with Gasteiger partial charge in [-0.25, -0.2) is 9.78 Å². The summed E-state index contributed by atoms with van der Waals surface area (Å²) in [4.78, 5) is 20.2. The van der Waals surface area contributed by atoms with E-state index in [0.29, 0.717) is 10.0 Å². The normalized spacial score (nSPS) is 11.9. The fourth-order valence-corrected chi connectivity index (χ4v) is 2.25. The van der Waals surface area contributed by atoms with E-state index in [4.69, 9.17) is 0 Å². The molecular formula is C12H13N3O2S. The van der Waals surface area contributed by atoms with Crippen LogP contribution in [0, 0.1) is 0 Å². The zero-order valence-electron chi connectivity index (χ0n) is 10.1. The molecule has 2 heterocycles. The number of carbonyl (C=O) groups excluding carboxylic acids is 1. The lowest BCUT2D eigenvalue weighted by atomic mass is 10.2. The van der Waals surface area contributed by atoms with Gasteiger partial charge in [-0.2, -0.15) is 0 Å². The molecule has 0 saturated heterocycles. The maximum atomic E-state index is 11.3. The van der Waals surface area contributed by atoms with E-state index in [-0.39, 0.29) is 12.0 Å². The van der Waals surface area contributed by atoms with Crippen molar-refractivity contribution in [3.8, 4) is 0 Å². The van der Waals surface area contributed by atoms with Crippen molar-refractivity contribution < 1.29 is 9.53 Å². The van der Waals surface area contributed by atoms with Crippen molar-refractivity contribution in [3.63, 3.8) is 0 Å². The third kappa shape index (κ3) is 2.84. The van der Waals surface area contributed by atoms with E-state index in [1.54, 1.807) is 6.20 Å². The number of esters is 1. The molecule has 0 amide bonds. The van der Waals surface area contributed by atoms with E-state index in [1.807, 2.05) is 25.1 Å². The Bertz CT molecular complexity index is 527. The molecule has 0 aromatic carbocycles. The van der Waals surface area contributed by atoms with Crippen LogP contribution < -0.4 is 5.32 Å². The molecule has 0 bridgehead atoms. The van der Waals surface area contributed by atoms with Gasteiger partial charge in [0.1, 0.15) is 4.88 Å². The van der Waals surface area contributed by atoms with E-state index in [9.17, 15) is 4.79 Å². The SMILES string of the molecule is COC(=O)c1cnc(NC(C)c2ccccn2)s1. The van der Waals surface area contributed by atoms with Crippen LogP contribution in [0.15, 0.2) is 30.6 Å². The smallest absolute Gasteiger partial charge is 0.349 e. The Morgan fingerprint density at radius 1 is 1.44 bits per heavy atom. The predicted molar refractivity (Wildman–Crippen MR) is 69.7 cm³/mol. The lowest BCUT2D eigenvalue weighted by molar-refractivity contribution is 0.0606. The first-order valence-corrected chi connectivity index (χ1v) is 6.24. The highest BCUT2D eigenvalue weighted by Crippen LogP contribution is 2.23. The highest BCUT2D eigenvalue weighted by molar-refractivity contribution is 7.17. The summed E-state index contributed by atoms with van der Waals surface area (Å²) in [5, 5.41) is 3.87. The predicted octanol–water partition coefficient (Wildman–Crippen LogP) is 2.50. The molecule has 1 atom stereocenters. The van der Waals surface area contributed by atoms with E-state index in [1.165, 1.54) is 24.6 Å². The van der Waals surface area contributed by atoms with E-state index in [0.717, 1.165) is 5.69 Å². The first-order chi connectivity index (χ1) is 8.70. The zero-order valence-corrected chi connectivity index (χ0v) is 10.9. The number of rotatable bonds is 4. The van der Waals surface area contributed by atoms with Crippen LogP contribution in [-0.2, 0) is 4.74 Å². The Morgan fingerprint density at radius 3 is 2.94 bits per heavy atom. The number of aromatic nitrogens is 2. The fourth-order valence-electron chi connectivity index (χ4n) is 1.43. The number of nitrogens with one attached hydrogen (secondary N) is 1.